The minimum atomic E-state index is 0.846. The maximum absolute atomic E-state index is 5.05. The van der Waals surface area contributed by atoms with Crippen molar-refractivity contribution in [3.63, 3.8) is 0 Å². The van der Waals surface area contributed by atoms with Crippen LogP contribution in [0.25, 0.3) is 11.3 Å². The number of fused-ring (bicyclic) bond motifs is 1. The standard InChI is InChI=1S/C25H29N5/c1-2-28-14-16-29(17-15-28)24-18-23(21-9-4-3-5-10-21)26-25(27-24)30-13-12-20-8-6-7-11-22(20)19-30/h3-11,18H,2,12-17,19H2,1H3. The van der Waals surface area contributed by atoms with Gasteiger partial charge in [-0.1, -0.05) is 61.5 Å². The molecule has 0 saturated carbocycles. The summed E-state index contributed by atoms with van der Waals surface area (Å²) in [6, 6.07) is 21.4. The van der Waals surface area contributed by atoms with Crippen LogP contribution in [-0.4, -0.2) is 54.1 Å². The Kier molecular flexibility index (Phi) is 5.37. The molecule has 0 spiro atoms. The molecule has 0 bridgehead atoms. The molecule has 0 atom stereocenters. The van der Waals surface area contributed by atoms with Crippen LogP contribution in [0.1, 0.15) is 18.1 Å². The number of rotatable bonds is 4. The van der Waals surface area contributed by atoms with Crippen LogP contribution in [0.4, 0.5) is 11.8 Å². The molecule has 5 heteroatoms. The number of hydrogen-bond donors (Lipinski definition) is 0. The van der Waals surface area contributed by atoms with Gasteiger partial charge in [-0.05, 0) is 24.1 Å². The summed E-state index contributed by atoms with van der Waals surface area (Å²) in [6.45, 7) is 9.39. The van der Waals surface area contributed by atoms with Gasteiger partial charge in [-0.3, -0.25) is 0 Å². The molecule has 0 aliphatic carbocycles. The average Bonchev–Trinajstić information content (AvgIpc) is 2.84. The highest BCUT2D eigenvalue weighted by Gasteiger charge is 2.22. The normalized spacial score (nSPS) is 17.1. The molecule has 5 nitrogen and oxygen atoms in total. The Labute approximate surface area is 179 Å². The highest BCUT2D eigenvalue weighted by Crippen LogP contribution is 2.28. The Balaban J connectivity index is 1.49. The van der Waals surface area contributed by atoms with Gasteiger partial charge >= 0.3 is 0 Å². The highest BCUT2D eigenvalue weighted by molar-refractivity contribution is 5.65. The van der Waals surface area contributed by atoms with Crippen molar-refractivity contribution in [1.82, 2.24) is 14.9 Å². The molecule has 30 heavy (non-hydrogen) atoms. The van der Waals surface area contributed by atoms with Gasteiger partial charge in [-0.15, -0.1) is 0 Å². The number of nitrogens with zero attached hydrogens (tertiary/aromatic N) is 5. The highest BCUT2D eigenvalue weighted by atomic mass is 15.3. The average molecular weight is 400 g/mol. The van der Waals surface area contributed by atoms with Crippen LogP contribution in [0.3, 0.4) is 0 Å². The van der Waals surface area contributed by atoms with Crippen LogP contribution in [0.2, 0.25) is 0 Å². The molecule has 0 amide bonds. The van der Waals surface area contributed by atoms with E-state index >= 15 is 0 Å². The fraction of sp³-hybridized carbons (Fsp3) is 0.360. The maximum Gasteiger partial charge on any atom is 0.228 e. The first kappa shape index (κ1) is 19.1. The number of aromatic nitrogens is 2. The molecule has 0 unspecified atom stereocenters. The van der Waals surface area contributed by atoms with Crippen LogP contribution in [0, 0.1) is 0 Å². The Morgan fingerprint density at radius 3 is 2.27 bits per heavy atom. The van der Waals surface area contributed by atoms with Gasteiger partial charge in [0.2, 0.25) is 5.95 Å². The maximum atomic E-state index is 5.05. The minimum absolute atomic E-state index is 0.846. The van der Waals surface area contributed by atoms with E-state index in [2.05, 4.69) is 82.3 Å². The van der Waals surface area contributed by atoms with Crippen molar-refractivity contribution >= 4 is 11.8 Å². The molecular weight excluding hydrogens is 370 g/mol. The molecule has 1 fully saturated rings. The SMILES string of the molecule is CCN1CCN(c2cc(-c3ccccc3)nc(N3CCc4ccccc4C3)n2)CC1. The summed E-state index contributed by atoms with van der Waals surface area (Å²) in [5.74, 6) is 1.90. The molecule has 1 saturated heterocycles. The number of hydrogen-bond acceptors (Lipinski definition) is 5. The fourth-order valence-electron chi connectivity index (χ4n) is 4.44. The molecule has 2 aromatic carbocycles. The second-order valence-electron chi connectivity index (χ2n) is 8.14. The number of benzene rings is 2. The van der Waals surface area contributed by atoms with Gasteiger partial charge in [-0.2, -0.15) is 4.98 Å². The Hall–Kier alpha value is -2.92. The molecule has 1 aromatic heterocycles. The number of piperazine rings is 1. The molecule has 2 aliphatic rings. The van der Waals surface area contributed by atoms with Gasteiger partial charge < -0.3 is 14.7 Å². The molecule has 2 aliphatic heterocycles. The summed E-state index contributed by atoms with van der Waals surface area (Å²) >= 11 is 0. The topological polar surface area (TPSA) is 35.5 Å². The third kappa shape index (κ3) is 3.90. The van der Waals surface area contributed by atoms with Crippen molar-refractivity contribution in [3.05, 3.63) is 71.8 Å². The van der Waals surface area contributed by atoms with E-state index in [0.29, 0.717) is 0 Å². The van der Waals surface area contributed by atoms with Crippen LogP contribution in [0.15, 0.2) is 60.7 Å². The largest absolute Gasteiger partial charge is 0.354 e. The van der Waals surface area contributed by atoms with E-state index in [9.17, 15) is 0 Å². The Bertz CT molecular complexity index is 995. The van der Waals surface area contributed by atoms with E-state index in [1.165, 1.54) is 11.1 Å². The molecule has 154 valence electrons. The van der Waals surface area contributed by atoms with E-state index in [0.717, 1.165) is 75.3 Å². The minimum Gasteiger partial charge on any atom is -0.354 e. The van der Waals surface area contributed by atoms with Gasteiger partial charge in [0.1, 0.15) is 5.82 Å². The number of likely N-dealkylation sites (N-methyl/N-ethyl adjacent to an activating group) is 1. The Morgan fingerprint density at radius 1 is 0.767 bits per heavy atom. The predicted octanol–water partition coefficient (Wildman–Crippen LogP) is 3.85. The van der Waals surface area contributed by atoms with E-state index < -0.39 is 0 Å². The molecule has 5 rings (SSSR count). The van der Waals surface area contributed by atoms with Crippen LogP contribution >= 0.6 is 0 Å². The lowest BCUT2D eigenvalue weighted by Crippen LogP contribution is -2.46. The number of anilines is 2. The zero-order valence-corrected chi connectivity index (χ0v) is 17.7. The smallest absolute Gasteiger partial charge is 0.228 e. The molecule has 3 aromatic rings. The molecule has 0 N–H and O–H groups in total. The van der Waals surface area contributed by atoms with Crippen molar-refractivity contribution in [2.75, 3.05) is 49.1 Å². The fourth-order valence-corrected chi connectivity index (χ4v) is 4.44. The lowest BCUT2D eigenvalue weighted by Gasteiger charge is -2.35. The lowest BCUT2D eigenvalue weighted by atomic mass is 10.0. The molecule has 3 heterocycles. The van der Waals surface area contributed by atoms with E-state index in [-0.39, 0.29) is 0 Å². The van der Waals surface area contributed by atoms with Crippen molar-refractivity contribution in [3.8, 4) is 11.3 Å². The van der Waals surface area contributed by atoms with Crippen LogP contribution in [-0.2, 0) is 13.0 Å². The van der Waals surface area contributed by atoms with Crippen molar-refractivity contribution in [2.45, 2.75) is 19.9 Å². The second kappa shape index (κ2) is 8.44. The summed E-state index contributed by atoms with van der Waals surface area (Å²) in [4.78, 5) is 17.3. The first-order valence-electron chi connectivity index (χ1n) is 11.0. The van der Waals surface area contributed by atoms with Crippen molar-refractivity contribution in [1.29, 1.82) is 0 Å². The zero-order chi connectivity index (χ0) is 20.3. The summed E-state index contributed by atoms with van der Waals surface area (Å²) < 4.78 is 0. The first-order valence-corrected chi connectivity index (χ1v) is 11.0. The van der Waals surface area contributed by atoms with Crippen LogP contribution < -0.4 is 9.80 Å². The van der Waals surface area contributed by atoms with E-state index in [1.807, 2.05) is 0 Å². The van der Waals surface area contributed by atoms with E-state index in [1.54, 1.807) is 0 Å². The molecule has 0 radical (unpaired) electrons. The zero-order valence-electron chi connectivity index (χ0n) is 17.7. The summed E-state index contributed by atoms with van der Waals surface area (Å²) in [5, 5.41) is 0. The Morgan fingerprint density at radius 2 is 1.50 bits per heavy atom. The summed E-state index contributed by atoms with van der Waals surface area (Å²) in [7, 11) is 0. The summed E-state index contributed by atoms with van der Waals surface area (Å²) in [6.07, 6.45) is 1.04. The third-order valence-electron chi connectivity index (χ3n) is 6.33. The lowest BCUT2D eigenvalue weighted by molar-refractivity contribution is 0.270. The van der Waals surface area contributed by atoms with Gasteiger partial charge in [-0.25, -0.2) is 4.98 Å². The molecular formula is C25H29N5. The second-order valence-corrected chi connectivity index (χ2v) is 8.14. The quantitative estimate of drug-likeness (QED) is 0.666. The van der Waals surface area contributed by atoms with E-state index in [4.69, 9.17) is 9.97 Å². The van der Waals surface area contributed by atoms with Gasteiger partial charge in [0.05, 0.1) is 5.69 Å². The van der Waals surface area contributed by atoms with Gasteiger partial charge in [0, 0.05) is 50.9 Å². The predicted molar refractivity (Wildman–Crippen MR) is 123 cm³/mol. The van der Waals surface area contributed by atoms with Gasteiger partial charge in [0.25, 0.3) is 0 Å². The third-order valence-corrected chi connectivity index (χ3v) is 6.33. The first-order chi connectivity index (χ1) is 14.8. The van der Waals surface area contributed by atoms with Crippen LogP contribution in [0.5, 0.6) is 0 Å². The van der Waals surface area contributed by atoms with Crippen molar-refractivity contribution in [2.24, 2.45) is 0 Å². The summed E-state index contributed by atoms with van der Waals surface area (Å²) in [5.41, 5.74) is 4.99. The monoisotopic (exact) mass is 399 g/mol. The van der Waals surface area contributed by atoms with Crippen molar-refractivity contribution < 1.29 is 0 Å². The van der Waals surface area contributed by atoms with Gasteiger partial charge in [0.15, 0.2) is 0 Å².